The topological polar surface area (TPSA) is 46.9 Å². The molecular weight excluding hydrogens is 354 g/mol. The van der Waals surface area contributed by atoms with Crippen LogP contribution in [-0.2, 0) is 4.79 Å². The van der Waals surface area contributed by atoms with E-state index in [-0.39, 0.29) is 11.9 Å². The van der Waals surface area contributed by atoms with Gasteiger partial charge in [-0.1, -0.05) is 6.92 Å². The molecule has 126 valence electrons. The first-order valence-electron chi connectivity index (χ1n) is 9.04. The van der Waals surface area contributed by atoms with Crippen molar-refractivity contribution in [3.63, 3.8) is 0 Å². The van der Waals surface area contributed by atoms with E-state index in [0.717, 1.165) is 35.2 Å². The lowest BCUT2D eigenvalue weighted by atomic mass is 9.49. The highest BCUT2D eigenvalue weighted by molar-refractivity contribution is 9.10. The van der Waals surface area contributed by atoms with Gasteiger partial charge in [0.05, 0.1) is 10.7 Å². The Labute approximate surface area is 146 Å². The molecular formula is C18H26BrN3O. The summed E-state index contributed by atoms with van der Waals surface area (Å²) in [7, 11) is 0. The highest BCUT2D eigenvalue weighted by Crippen LogP contribution is 2.59. The Hall–Kier alpha value is -0.840. The molecule has 4 aliphatic rings. The second-order valence-electron chi connectivity index (χ2n) is 8.20. The normalized spacial score (nSPS) is 36.2. The minimum Gasteiger partial charge on any atom is -0.354 e. The number of aromatic nitrogens is 2. The van der Waals surface area contributed by atoms with E-state index >= 15 is 0 Å². The summed E-state index contributed by atoms with van der Waals surface area (Å²) in [6, 6.07) is -0.199. The molecule has 0 radical (unpaired) electrons. The van der Waals surface area contributed by atoms with Gasteiger partial charge in [-0.2, -0.15) is 5.10 Å². The van der Waals surface area contributed by atoms with Crippen molar-refractivity contribution in [2.24, 2.45) is 23.2 Å². The van der Waals surface area contributed by atoms with Gasteiger partial charge in [0.15, 0.2) is 0 Å². The van der Waals surface area contributed by atoms with Crippen molar-refractivity contribution < 1.29 is 4.79 Å². The molecule has 1 N–H and O–H groups in total. The molecule has 5 heteroatoms. The Morgan fingerprint density at radius 2 is 1.96 bits per heavy atom. The molecule has 1 aromatic rings. The number of amides is 1. The lowest BCUT2D eigenvalue weighted by molar-refractivity contribution is -0.126. The molecule has 5 rings (SSSR count). The van der Waals surface area contributed by atoms with Crippen molar-refractivity contribution in [1.29, 1.82) is 0 Å². The molecule has 0 saturated heterocycles. The molecule has 1 amide bonds. The summed E-state index contributed by atoms with van der Waals surface area (Å²) in [5.41, 5.74) is 0.396. The average molecular weight is 380 g/mol. The first-order valence-corrected chi connectivity index (χ1v) is 9.83. The molecule has 1 aromatic heterocycles. The van der Waals surface area contributed by atoms with Crippen LogP contribution in [0.1, 0.15) is 57.9 Å². The molecule has 4 nitrogen and oxygen atoms in total. The highest BCUT2D eigenvalue weighted by atomic mass is 79.9. The maximum absolute atomic E-state index is 12.7. The monoisotopic (exact) mass is 379 g/mol. The van der Waals surface area contributed by atoms with Crippen LogP contribution in [-0.4, -0.2) is 22.2 Å². The van der Waals surface area contributed by atoms with Crippen molar-refractivity contribution in [3.8, 4) is 0 Å². The molecule has 1 atom stereocenters. The van der Waals surface area contributed by atoms with Crippen molar-refractivity contribution in [1.82, 2.24) is 15.1 Å². The molecule has 4 saturated carbocycles. The fourth-order valence-corrected chi connectivity index (χ4v) is 6.18. The van der Waals surface area contributed by atoms with Gasteiger partial charge in [0.25, 0.3) is 0 Å². The zero-order valence-electron chi connectivity index (χ0n) is 13.8. The molecule has 4 aliphatic carbocycles. The van der Waals surface area contributed by atoms with Gasteiger partial charge >= 0.3 is 0 Å². The highest BCUT2D eigenvalue weighted by Gasteiger charge is 2.50. The van der Waals surface area contributed by atoms with Crippen LogP contribution in [0.3, 0.4) is 0 Å². The smallest absolute Gasteiger partial charge is 0.244 e. The van der Waals surface area contributed by atoms with Gasteiger partial charge in [0.2, 0.25) is 5.91 Å². The first-order chi connectivity index (χ1) is 11.1. The number of carbonyl (C=O) groups is 1. The summed E-state index contributed by atoms with van der Waals surface area (Å²) in [4.78, 5) is 12.7. The van der Waals surface area contributed by atoms with Crippen molar-refractivity contribution in [3.05, 3.63) is 16.9 Å². The summed E-state index contributed by atoms with van der Waals surface area (Å²) in [6.45, 7) is 2.92. The minimum absolute atomic E-state index is 0.124. The van der Waals surface area contributed by atoms with Crippen LogP contribution < -0.4 is 5.32 Å². The van der Waals surface area contributed by atoms with E-state index < -0.39 is 0 Å². The number of halogens is 1. The van der Waals surface area contributed by atoms with Gasteiger partial charge < -0.3 is 5.32 Å². The van der Waals surface area contributed by atoms with Gasteiger partial charge in [-0.3, -0.25) is 9.48 Å². The van der Waals surface area contributed by atoms with Crippen LogP contribution in [0.25, 0.3) is 0 Å². The van der Waals surface area contributed by atoms with Crippen molar-refractivity contribution in [2.45, 2.75) is 57.9 Å². The molecule has 4 bridgehead atoms. The Kier molecular flexibility index (Phi) is 4.02. The van der Waals surface area contributed by atoms with Crippen molar-refractivity contribution in [2.75, 3.05) is 6.54 Å². The van der Waals surface area contributed by atoms with E-state index in [1.165, 1.54) is 38.5 Å². The molecule has 0 aliphatic heterocycles. The molecule has 1 heterocycles. The minimum atomic E-state index is -0.199. The number of nitrogens with zero attached hydrogens (tertiary/aromatic N) is 2. The van der Waals surface area contributed by atoms with Crippen molar-refractivity contribution >= 4 is 21.8 Å². The van der Waals surface area contributed by atoms with Gasteiger partial charge in [-0.25, -0.2) is 0 Å². The summed E-state index contributed by atoms with van der Waals surface area (Å²) in [6.07, 6.45) is 12.8. The van der Waals surface area contributed by atoms with Gasteiger partial charge in [-0.15, -0.1) is 0 Å². The Morgan fingerprint density at radius 1 is 1.35 bits per heavy atom. The zero-order chi connectivity index (χ0) is 16.0. The fourth-order valence-electron chi connectivity index (χ4n) is 5.88. The summed E-state index contributed by atoms with van der Waals surface area (Å²) in [5, 5.41) is 7.57. The van der Waals surface area contributed by atoms with Gasteiger partial charge in [0, 0.05) is 12.7 Å². The van der Waals surface area contributed by atoms with Crippen LogP contribution in [0.2, 0.25) is 0 Å². The summed E-state index contributed by atoms with van der Waals surface area (Å²) >= 11 is 3.41. The third-order valence-corrected chi connectivity index (χ3v) is 6.79. The average Bonchev–Trinajstić information content (AvgIpc) is 2.91. The molecule has 4 fully saturated rings. The van der Waals surface area contributed by atoms with Crippen LogP contribution in [0.5, 0.6) is 0 Å². The number of hydrogen-bond donors (Lipinski definition) is 1. The van der Waals surface area contributed by atoms with Crippen LogP contribution >= 0.6 is 15.9 Å². The SMILES string of the molecule is CCC(C(=O)NCC12CC3CC(CC(C3)C1)C2)n1cc(Br)cn1. The number of nitrogens with one attached hydrogen (secondary N) is 1. The number of hydrogen-bond acceptors (Lipinski definition) is 2. The third kappa shape index (κ3) is 2.97. The Balaban J connectivity index is 1.41. The predicted octanol–water partition coefficient (Wildman–Crippen LogP) is 3.93. The Morgan fingerprint density at radius 3 is 2.43 bits per heavy atom. The van der Waals surface area contributed by atoms with E-state index in [4.69, 9.17) is 0 Å². The molecule has 1 unspecified atom stereocenters. The van der Waals surface area contributed by atoms with Gasteiger partial charge in [0.1, 0.15) is 6.04 Å². The van der Waals surface area contributed by atoms with Crippen LogP contribution in [0, 0.1) is 23.2 Å². The standard InChI is InChI=1S/C18H26BrN3O/c1-2-16(22-10-15(19)9-21-22)17(23)20-11-18-6-12-3-13(7-18)5-14(4-12)8-18/h9-10,12-14,16H,2-8,11H2,1H3,(H,20,23). The molecule has 0 aromatic carbocycles. The summed E-state index contributed by atoms with van der Waals surface area (Å²) in [5.74, 6) is 2.92. The fraction of sp³-hybridized carbons (Fsp3) is 0.778. The molecule has 23 heavy (non-hydrogen) atoms. The Bertz CT molecular complexity index is 562. The van der Waals surface area contributed by atoms with E-state index in [1.54, 1.807) is 10.9 Å². The maximum atomic E-state index is 12.7. The number of carbonyl (C=O) groups excluding carboxylic acids is 1. The maximum Gasteiger partial charge on any atom is 0.244 e. The quantitative estimate of drug-likeness (QED) is 0.842. The molecule has 0 spiro atoms. The largest absolute Gasteiger partial charge is 0.354 e. The van der Waals surface area contributed by atoms with E-state index in [9.17, 15) is 4.79 Å². The lowest BCUT2D eigenvalue weighted by Crippen LogP contribution is -2.51. The van der Waals surface area contributed by atoms with Crippen LogP contribution in [0.15, 0.2) is 16.9 Å². The van der Waals surface area contributed by atoms with Crippen LogP contribution in [0.4, 0.5) is 0 Å². The lowest BCUT2D eigenvalue weighted by Gasteiger charge is -2.57. The summed E-state index contributed by atoms with van der Waals surface area (Å²) < 4.78 is 2.70. The van der Waals surface area contributed by atoms with E-state index in [0.29, 0.717) is 5.41 Å². The van der Waals surface area contributed by atoms with E-state index in [2.05, 4.69) is 26.3 Å². The predicted molar refractivity (Wildman–Crippen MR) is 92.9 cm³/mol. The van der Waals surface area contributed by atoms with Gasteiger partial charge in [-0.05, 0) is 84.0 Å². The first kappa shape index (κ1) is 15.7. The third-order valence-electron chi connectivity index (χ3n) is 6.38. The zero-order valence-corrected chi connectivity index (χ0v) is 15.4. The second-order valence-corrected chi connectivity index (χ2v) is 9.11. The second kappa shape index (κ2) is 5.91. The number of rotatable bonds is 5. The van der Waals surface area contributed by atoms with E-state index in [1.807, 2.05) is 13.1 Å².